The molecule has 3 nitrogen and oxygen atoms in total. The number of hydrogen-bond donors (Lipinski definition) is 2. The summed E-state index contributed by atoms with van der Waals surface area (Å²) in [5.41, 5.74) is 1.86. The van der Waals surface area contributed by atoms with E-state index < -0.39 is 0 Å². The average Bonchev–Trinajstić information content (AvgIpc) is 2.35. The van der Waals surface area contributed by atoms with Gasteiger partial charge in [-0.25, -0.2) is 0 Å². The SMILES string of the molecule is CCc1ccc(C(=O)N[C@@H](CC)CO)cc1. The lowest BCUT2D eigenvalue weighted by Crippen LogP contribution is -2.36. The molecule has 0 aliphatic rings. The van der Waals surface area contributed by atoms with E-state index in [4.69, 9.17) is 5.11 Å². The first kappa shape index (κ1) is 12.7. The monoisotopic (exact) mass is 221 g/mol. The molecule has 0 radical (unpaired) electrons. The van der Waals surface area contributed by atoms with Crippen molar-refractivity contribution >= 4 is 5.91 Å². The Morgan fingerprint density at radius 3 is 2.38 bits per heavy atom. The second-order valence-electron chi connectivity index (χ2n) is 3.81. The summed E-state index contributed by atoms with van der Waals surface area (Å²) in [5.74, 6) is -0.122. The van der Waals surface area contributed by atoms with E-state index in [1.54, 1.807) is 0 Å². The number of amides is 1. The van der Waals surface area contributed by atoms with Crippen molar-refractivity contribution in [3.63, 3.8) is 0 Å². The molecule has 16 heavy (non-hydrogen) atoms. The van der Waals surface area contributed by atoms with Crippen molar-refractivity contribution in [3.8, 4) is 0 Å². The minimum Gasteiger partial charge on any atom is -0.394 e. The van der Waals surface area contributed by atoms with Crippen molar-refractivity contribution in [1.29, 1.82) is 0 Å². The van der Waals surface area contributed by atoms with Gasteiger partial charge < -0.3 is 10.4 Å². The maximum absolute atomic E-state index is 11.8. The molecular formula is C13H19NO2. The van der Waals surface area contributed by atoms with Gasteiger partial charge in [0.15, 0.2) is 0 Å². The van der Waals surface area contributed by atoms with Crippen LogP contribution in [0.25, 0.3) is 0 Å². The molecule has 1 amide bonds. The minimum absolute atomic E-state index is 0.0186. The van der Waals surface area contributed by atoms with Crippen LogP contribution in [0.3, 0.4) is 0 Å². The molecule has 1 aromatic rings. The van der Waals surface area contributed by atoms with Gasteiger partial charge in [0.2, 0.25) is 0 Å². The normalized spacial score (nSPS) is 12.2. The second kappa shape index (κ2) is 6.28. The fourth-order valence-corrected chi connectivity index (χ4v) is 1.44. The molecule has 0 aromatic heterocycles. The topological polar surface area (TPSA) is 49.3 Å². The van der Waals surface area contributed by atoms with Gasteiger partial charge in [-0.15, -0.1) is 0 Å². The second-order valence-corrected chi connectivity index (χ2v) is 3.81. The van der Waals surface area contributed by atoms with E-state index in [0.29, 0.717) is 5.56 Å². The van der Waals surface area contributed by atoms with Crippen LogP contribution in [0.2, 0.25) is 0 Å². The van der Waals surface area contributed by atoms with Crippen molar-refractivity contribution in [2.24, 2.45) is 0 Å². The van der Waals surface area contributed by atoms with Gasteiger partial charge in [0.05, 0.1) is 12.6 Å². The summed E-state index contributed by atoms with van der Waals surface area (Å²) in [7, 11) is 0. The summed E-state index contributed by atoms with van der Waals surface area (Å²) in [6.07, 6.45) is 1.70. The summed E-state index contributed by atoms with van der Waals surface area (Å²) in [6.45, 7) is 3.99. The highest BCUT2D eigenvalue weighted by molar-refractivity contribution is 5.94. The zero-order valence-electron chi connectivity index (χ0n) is 9.86. The summed E-state index contributed by atoms with van der Waals surface area (Å²) in [5, 5.41) is 11.8. The van der Waals surface area contributed by atoms with Crippen molar-refractivity contribution < 1.29 is 9.90 Å². The number of aliphatic hydroxyl groups is 1. The highest BCUT2D eigenvalue weighted by atomic mass is 16.3. The standard InChI is InChI=1S/C13H19NO2/c1-3-10-5-7-11(8-6-10)13(16)14-12(4-2)9-15/h5-8,12,15H,3-4,9H2,1-2H3,(H,14,16)/t12-/m0/s1. The van der Waals surface area contributed by atoms with Gasteiger partial charge in [0.25, 0.3) is 5.91 Å². The molecule has 0 aliphatic heterocycles. The van der Waals surface area contributed by atoms with Gasteiger partial charge in [-0.1, -0.05) is 26.0 Å². The Morgan fingerprint density at radius 1 is 1.31 bits per heavy atom. The molecule has 88 valence electrons. The molecule has 1 aromatic carbocycles. The van der Waals surface area contributed by atoms with Crippen LogP contribution in [0.15, 0.2) is 24.3 Å². The molecule has 0 unspecified atom stereocenters. The zero-order valence-corrected chi connectivity index (χ0v) is 9.86. The van der Waals surface area contributed by atoms with Gasteiger partial charge in [-0.3, -0.25) is 4.79 Å². The van der Waals surface area contributed by atoms with E-state index in [2.05, 4.69) is 12.2 Å². The smallest absolute Gasteiger partial charge is 0.251 e. The first-order valence-corrected chi connectivity index (χ1v) is 5.71. The van der Waals surface area contributed by atoms with Crippen LogP contribution in [-0.2, 0) is 6.42 Å². The third-order valence-electron chi connectivity index (χ3n) is 2.67. The van der Waals surface area contributed by atoms with Crippen LogP contribution in [0.5, 0.6) is 0 Å². The number of carbonyl (C=O) groups excluding carboxylic acids is 1. The summed E-state index contributed by atoms with van der Waals surface area (Å²) >= 11 is 0. The number of benzene rings is 1. The van der Waals surface area contributed by atoms with E-state index in [-0.39, 0.29) is 18.6 Å². The molecule has 1 atom stereocenters. The van der Waals surface area contributed by atoms with Gasteiger partial charge in [-0.05, 0) is 30.5 Å². The Balaban J connectivity index is 2.65. The summed E-state index contributed by atoms with van der Waals surface area (Å²) in [6, 6.07) is 7.39. The predicted molar refractivity (Wildman–Crippen MR) is 64.5 cm³/mol. The Hall–Kier alpha value is -1.35. The van der Waals surface area contributed by atoms with Crippen LogP contribution < -0.4 is 5.32 Å². The number of rotatable bonds is 5. The Morgan fingerprint density at radius 2 is 1.94 bits per heavy atom. The molecule has 0 fully saturated rings. The van der Waals surface area contributed by atoms with E-state index >= 15 is 0 Å². The van der Waals surface area contributed by atoms with Gasteiger partial charge >= 0.3 is 0 Å². The first-order valence-electron chi connectivity index (χ1n) is 5.71. The lowest BCUT2D eigenvalue weighted by molar-refractivity contribution is 0.0915. The van der Waals surface area contributed by atoms with Gasteiger partial charge in [-0.2, -0.15) is 0 Å². The predicted octanol–water partition coefficient (Wildman–Crippen LogP) is 1.75. The molecule has 0 heterocycles. The Kier molecular flexibility index (Phi) is 4.99. The van der Waals surface area contributed by atoms with Crippen LogP contribution in [-0.4, -0.2) is 23.7 Å². The maximum Gasteiger partial charge on any atom is 0.251 e. The Bertz CT molecular complexity index is 328. The number of aliphatic hydroxyl groups excluding tert-OH is 1. The zero-order chi connectivity index (χ0) is 12.0. The van der Waals surface area contributed by atoms with Crippen LogP contribution >= 0.6 is 0 Å². The average molecular weight is 221 g/mol. The largest absolute Gasteiger partial charge is 0.394 e. The van der Waals surface area contributed by atoms with Crippen molar-refractivity contribution in [3.05, 3.63) is 35.4 Å². The molecular weight excluding hydrogens is 202 g/mol. The molecule has 2 N–H and O–H groups in total. The fourth-order valence-electron chi connectivity index (χ4n) is 1.44. The van der Waals surface area contributed by atoms with Gasteiger partial charge in [0.1, 0.15) is 0 Å². The number of carbonyl (C=O) groups is 1. The number of hydrogen-bond acceptors (Lipinski definition) is 2. The van der Waals surface area contributed by atoms with E-state index in [1.165, 1.54) is 5.56 Å². The number of aryl methyl sites for hydroxylation is 1. The molecule has 0 spiro atoms. The van der Waals surface area contributed by atoms with Crippen molar-refractivity contribution in [2.45, 2.75) is 32.7 Å². The van der Waals surface area contributed by atoms with Crippen LogP contribution in [0.1, 0.15) is 36.2 Å². The van der Waals surface area contributed by atoms with Crippen molar-refractivity contribution in [1.82, 2.24) is 5.32 Å². The van der Waals surface area contributed by atoms with Gasteiger partial charge in [0, 0.05) is 5.56 Å². The quantitative estimate of drug-likeness (QED) is 0.795. The van der Waals surface area contributed by atoms with E-state index in [1.807, 2.05) is 31.2 Å². The summed E-state index contributed by atoms with van der Waals surface area (Å²) < 4.78 is 0. The van der Waals surface area contributed by atoms with Crippen LogP contribution in [0, 0.1) is 0 Å². The third kappa shape index (κ3) is 3.35. The third-order valence-corrected chi connectivity index (χ3v) is 2.67. The highest BCUT2D eigenvalue weighted by Crippen LogP contribution is 2.05. The molecule has 0 saturated carbocycles. The maximum atomic E-state index is 11.8. The molecule has 3 heteroatoms. The first-order chi connectivity index (χ1) is 7.71. The fraction of sp³-hybridized carbons (Fsp3) is 0.462. The van der Waals surface area contributed by atoms with E-state index in [9.17, 15) is 4.79 Å². The lowest BCUT2D eigenvalue weighted by atomic mass is 10.1. The highest BCUT2D eigenvalue weighted by Gasteiger charge is 2.10. The minimum atomic E-state index is -0.154. The summed E-state index contributed by atoms with van der Waals surface area (Å²) in [4.78, 5) is 11.8. The van der Waals surface area contributed by atoms with Crippen molar-refractivity contribution in [2.75, 3.05) is 6.61 Å². The Labute approximate surface area is 96.5 Å². The number of nitrogens with one attached hydrogen (secondary N) is 1. The van der Waals surface area contributed by atoms with E-state index in [0.717, 1.165) is 12.8 Å². The lowest BCUT2D eigenvalue weighted by Gasteiger charge is -2.13. The molecule has 0 bridgehead atoms. The molecule has 0 saturated heterocycles. The molecule has 0 aliphatic carbocycles. The molecule has 1 rings (SSSR count). The van der Waals surface area contributed by atoms with Crippen LogP contribution in [0.4, 0.5) is 0 Å².